The van der Waals surface area contributed by atoms with E-state index in [9.17, 15) is 19.7 Å². The fraction of sp³-hybridized carbons (Fsp3) is 0.207. The standard InChI is InChI=1S/C29H25FN4O5/c30-28-32-25-22(26(37)33-28)31-17-34(25)27-24(36)23(35)21(39-27)16-38-29(18-10-4-1-5-11-18,19-12-6-2-7-13-19)20-14-8-3-9-15-20/h1-15,17,21,23-24,27,35-36H,16H2,(H,32,33,37)/t21-,23-,24-,27-/m1/s1. The predicted octanol–water partition coefficient (Wildman–Crippen LogP) is 3.30. The van der Waals surface area contributed by atoms with Crippen LogP contribution in [0, 0.1) is 6.08 Å². The second kappa shape index (κ2) is 10.2. The van der Waals surface area contributed by atoms with Crippen LogP contribution in [0.15, 0.2) is 97.3 Å². The van der Waals surface area contributed by atoms with Crippen molar-refractivity contribution in [3.8, 4) is 5.88 Å². The van der Waals surface area contributed by atoms with E-state index in [1.54, 1.807) is 0 Å². The molecular formula is C29H25FN4O5. The fourth-order valence-electron chi connectivity index (χ4n) is 5.13. The van der Waals surface area contributed by atoms with Crippen molar-refractivity contribution in [3.63, 3.8) is 0 Å². The minimum Gasteiger partial charge on any atom is -0.492 e. The van der Waals surface area contributed by atoms with Crippen LogP contribution in [0.4, 0.5) is 4.39 Å². The molecule has 10 heteroatoms. The molecular weight excluding hydrogens is 503 g/mol. The van der Waals surface area contributed by atoms with Crippen molar-refractivity contribution in [1.82, 2.24) is 19.5 Å². The average molecular weight is 529 g/mol. The van der Waals surface area contributed by atoms with Gasteiger partial charge in [0.15, 0.2) is 17.4 Å². The van der Waals surface area contributed by atoms with Gasteiger partial charge in [0.1, 0.15) is 23.9 Å². The number of benzene rings is 3. The number of hydrogen-bond acceptors (Lipinski definition) is 8. The highest BCUT2D eigenvalue weighted by Crippen LogP contribution is 2.42. The first-order valence-corrected chi connectivity index (χ1v) is 12.4. The molecule has 9 nitrogen and oxygen atoms in total. The molecule has 1 fully saturated rings. The van der Waals surface area contributed by atoms with Gasteiger partial charge in [-0.15, -0.1) is 0 Å². The number of aliphatic hydroxyl groups excluding tert-OH is 2. The van der Waals surface area contributed by atoms with E-state index in [1.807, 2.05) is 91.0 Å². The highest BCUT2D eigenvalue weighted by Gasteiger charge is 2.47. The molecule has 2 aromatic heterocycles. The third-order valence-electron chi connectivity index (χ3n) is 6.99. The van der Waals surface area contributed by atoms with Gasteiger partial charge in [-0.2, -0.15) is 14.4 Å². The van der Waals surface area contributed by atoms with Crippen LogP contribution in [0.1, 0.15) is 22.9 Å². The largest absolute Gasteiger partial charge is 0.492 e. The van der Waals surface area contributed by atoms with E-state index < -0.39 is 42.1 Å². The first-order valence-electron chi connectivity index (χ1n) is 12.4. The highest BCUT2D eigenvalue weighted by atomic mass is 19.1. The Bertz CT molecular complexity index is 1470. The maximum Gasteiger partial charge on any atom is 0.314 e. The zero-order valence-corrected chi connectivity index (χ0v) is 20.6. The van der Waals surface area contributed by atoms with Crippen molar-refractivity contribution in [2.45, 2.75) is 30.1 Å². The molecule has 39 heavy (non-hydrogen) atoms. The third-order valence-corrected chi connectivity index (χ3v) is 6.99. The van der Waals surface area contributed by atoms with E-state index in [0.29, 0.717) is 0 Å². The quantitative estimate of drug-likeness (QED) is 0.217. The van der Waals surface area contributed by atoms with Crippen molar-refractivity contribution in [3.05, 3.63) is 120 Å². The summed E-state index contributed by atoms with van der Waals surface area (Å²) in [6.45, 7) is -0.103. The molecule has 3 aromatic carbocycles. The molecule has 0 amide bonds. The van der Waals surface area contributed by atoms with E-state index in [1.165, 1.54) is 10.9 Å². The monoisotopic (exact) mass is 528 g/mol. The number of ether oxygens (including phenoxy) is 2. The second-order valence-corrected chi connectivity index (χ2v) is 9.28. The highest BCUT2D eigenvalue weighted by molar-refractivity contribution is 5.75. The van der Waals surface area contributed by atoms with Gasteiger partial charge in [0.2, 0.25) is 5.88 Å². The van der Waals surface area contributed by atoms with Gasteiger partial charge in [0.25, 0.3) is 0 Å². The van der Waals surface area contributed by atoms with Crippen LogP contribution in [-0.2, 0) is 15.1 Å². The number of fused-ring (bicyclic) bond motifs is 1. The van der Waals surface area contributed by atoms with Crippen LogP contribution < -0.4 is 0 Å². The van der Waals surface area contributed by atoms with Gasteiger partial charge in [-0.25, -0.2) is 4.98 Å². The van der Waals surface area contributed by atoms with E-state index >= 15 is 0 Å². The minimum absolute atomic E-state index is 0.0577. The topological polar surface area (TPSA) is 123 Å². The number of imidazole rings is 1. The number of rotatable bonds is 7. The van der Waals surface area contributed by atoms with Gasteiger partial charge in [-0.3, -0.25) is 4.57 Å². The van der Waals surface area contributed by atoms with Crippen LogP contribution in [0.3, 0.4) is 0 Å². The summed E-state index contributed by atoms with van der Waals surface area (Å²) >= 11 is 0. The summed E-state index contributed by atoms with van der Waals surface area (Å²) in [5.74, 6) is -0.637. The van der Waals surface area contributed by atoms with E-state index in [0.717, 1.165) is 16.7 Å². The summed E-state index contributed by atoms with van der Waals surface area (Å²) in [6.07, 6.45) is -4.79. The summed E-state index contributed by atoms with van der Waals surface area (Å²) in [6, 6.07) is 29.2. The molecule has 3 heterocycles. The Balaban J connectivity index is 1.37. The first kappa shape index (κ1) is 25.1. The molecule has 6 rings (SSSR count). The molecule has 4 atom stereocenters. The van der Waals surface area contributed by atoms with Gasteiger partial charge in [-0.1, -0.05) is 91.0 Å². The number of aliphatic hydroxyl groups is 2. The lowest BCUT2D eigenvalue weighted by Gasteiger charge is -2.37. The molecule has 0 bridgehead atoms. The van der Waals surface area contributed by atoms with Crippen molar-refractivity contribution < 1.29 is 29.2 Å². The van der Waals surface area contributed by atoms with Gasteiger partial charge in [-0.05, 0) is 16.7 Å². The van der Waals surface area contributed by atoms with Gasteiger partial charge in [0, 0.05) is 0 Å². The Morgan fingerprint density at radius 3 is 1.90 bits per heavy atom. The van der Waals surface area contributed by atoms with Crippen LogP contribution >= 0.6 is 0 Å². The Morgan fingerprint density at radius 2 is 1.36 bits per heavy atom. The molecule has 1 aliphatic rings. The van der Waals surface area contributed by atoms with Crippen molar-refractivity contribution in [2.75, 3.05) is 6.61 Å². The third kappa shape index (κ3) is 4.33. The first-order chi connectivity index (χ1) is 19.0. The van der Waals surface area contributed by atoms with Crippen LogP contribution in [0.5, 0.6) is 5.88 Å². The summed E-state index contributed by atoms with van der Waals surface area (Å²) in [5, 5.41) is 31.8. The Hall–Kier alpha value is -4.22. The van der Waals surface area contributed by atoms with Gasteiger partial charge < -0.3 is 24.8 Å². The molecule has 0 radical (unpaired) electrons. The second-order valence-electron chi connectivity index (χ2n) is 9.28. The number of aromatic hydroxyl groups is 1. The van der Waals surface area contributed by atoms with Crippen molar-refractivity contribution in [1.29, 1.82) is 0 Å². The fourth-order valence-corrected chi connectivity index (χ4v) is 5.13. The molecule has 3 N–H and O–H groups in total. The normalized spacial score (nSPS) is 21.4. The summed E-state index contributed by atoms with van der Waals surface area (Å²) in [7, 11) is 0. The lowest BCUT2D eigenvalue weighted by atomic mass is 9.80. The zero-order valence-electron chi connectivity index (χ0n) is 20.6. The molecule has 0 spiro atoms. The van der Waals surface area contributed by atoms with E-state index in [2.05, 4.69) is 15.0 Å². The van der Waals surface area contributed by atoms with Crippen molar-refractivity contribution >= 4 is 11.2 Å². The number of hydrogen-bond donors (Lipinski definition) is 3. The Kier molecular flexibility index (Phi) is 6.53. The van der Waals surface area contributed by atoms with Crippen molar-refractivity contribution in [2.24, 2.45) is 0 Å². The number of aromatic nitrogens is 4. The summed E-state index contributed by atoms with van der Waals surface area (Å²) < 4.78 is 27.9. The lowest BCUT2D eigenvalue weighted by molar-refractivity contribution is -0.0942. The maximum atomic E-state index is 13.8. The molecule has 198 valence electrons. The zero-order chi connectivity index (χ0) is 27.0. The molecule has 0 saturated carbocycles. The maximum absolute atomic E-state index is 13.8. The van der Waals surface area contributed by atoms with Gasteiger partial charge >= 0.3 is 6.08 Å². The van der Waals surface area contributed by atoms with E-state index in [-0.39, 0.29) is 17.8 Å². The Labute approximate surface area is 222 Å². The number of nitrogens with zero attached hydrogens (tertiary/aromatic N) is 4. The molecule has 0 unspecified atom stereocenters. The molecule has 1 aliphatic heterocycles. The summed E-state index contributed by atoms with van der Waals surface area (Å²) in [5.41, 5.74) is 1.42. The SMILES string of the molecule is Oc1nc(F)nc2c1ncn2[C@@H]1O[C@H](COC(c2ccccc2)(c2ccccc2)c2ccccc2)[C@@H](O)[C@H]1O. The average Bonchev–Trinajstić information content (AvgIpc) is 3.51. The van der Waals surface area contributed by atoms with Gasteiger partial charge in [0.05, 0.1) is 12.9 Å². The predicted molar refractivity (Wildman–Crippen MR) is 138 cm³/mol. The lowest BCUT2D eigenvalue weighted by Crippen LogP contribution is -2.39. The number of halogens is 1. The Morgan fingerprint density at radius 1 is 0.821 bits per heavy atom. The van der Waals surface area contributed by atoms with Crippen LogP contribution in [-0.4, -0.2) is 59.8 Å². The molecule has 1 saturated heterocycles. The smallest absolute Gasteiger partial charge is 0.314 e. The minimum atomic E-state index is -1.41. The molecule has 0 aliphatic carbocycles. The van der Waals surface area contributed by atoms with E-state index in [4.69, 9.17) is 9.47 Å². The van der Waals surface area contributed by atoms with Crippen LogP contribution in [0.25, 0.3) is 11.2 Å². The summed E-state index contributed by atoms with van der Waals surface area (Å²) in [4.78, 5) is 11.0. The molecule has 5 aromatic rings. The van der Waals surface area contributed by atoms with Crippen LogP contribution in [0.2, 0.25) is 0 Å².